The van der Waals surface area contributed by atoms with Gasteiger partial charge in [0.2, 0.25) is 0 Å². The Morgan fingerprint density at radius 1 is 1.24 bits per heavy atom. The van der Waals surface area contributed by atoms with Crippen LogP contribution in [0.25, 0.3) is 0 Å². The fraction of sp³-hybridized carbons (Fsp3) is 0.500. The van der Waals surface area contributed by atoms with Gasteiger partial charge in [-0.2, -0.15) is 0 Å². The molecule has 1 fully saturated rings. The van der Waals surface area contributed by atoms with Crippen molar-refractivity contribution in [1.82, 2.24) is 0 Å². The molecule has 4 nitrogen and oxygen atoms in total. The summed E-state index contributed by atoms with van der Waals surface area (Å²) in [4.78, 5) is 0.255. The van der Waals surface area contributed by atoms with Gasteiger partial charge < -0.3 is 10.4 Å². The molecule has 0 saturated heterocycles. The normalized spacial score (nSPS) is 24.2. The van der Waals surface area contributed by atoms with Crippen molar-refractivity contribution < 1.29 is 13.5 Å². The lowest BCUT2D eigenvalue weighted by atomic mass is 10.1. The Hall–Kier alpha value is -1.23. The molecule has 1 aliphatic heterocycles. The molecule has 5 heteroatoms. The highest BCUT2D eigenvalue weighted by Crippen LogP contribution is 2.46. The topological polar surface area (TPSA) is 66.4 Å². The third-order valence-corrected chi connectivity index (χ3v) is 6.55. The highest BCUT2D eigenvalue weighted by atomic mass is 32.2. The largest absolute Gasteiger partial charge is 0.508 e. The van der Waals surface area contributed by atoms with E-state index in [2.05, 4.69) is 5.32 Å². The van der Waals surface area contributed by atoms with E-state index in [4.69, 9.17) is 0 Å². The molecular weight excluding hydrogens is 238 g/mol. The summed E-state index contributed by atoms with van der Waals surface area (Å²) < 4.78 is 24.6. The zero-order valence-electron chi connectivity index (χ0n) is 9.44. The van der Waals surface area contributed by atoms with Crippen LogP contribution in [0.15, 0.2) is 23.1 Å². The number of hydrogen-bond acceptors (Lipinski definition) is 4. The molecule has 3 rings (SSSR count). The molecule has 1 heterocycles. The SMILES string of the molecule is O=S1(=O)c2cc(O)ccc2NCC12CCCC2. The van der Waals surface area contributed by atoms with E-state index in [0.29, 0.717) is 12.2 Å². The first-order chi connectivity index (χ1) is 8.05. The Morgan fingerprint density at radius 2 is 1.94 bits per heavy atom. The predicted molar refractivity (Wildman–Crippen MR) is 65.0 cm³/mol. The summed E-state index contributed by atoms with van der Waals surface area (Å²) in [5.41, 5.74) is 0.611. The molecule has 2 N–H and O–H groups in total. The number of fused-ring (bicyclic) bond motifs is 1. The van der Waals surface area contributed by atoms with Crippen molar-refractivity contribution in [3.8, 4) is 5.75 Å². The number of phenols is 1. The molecule has 2 aliphatic rings. The van der Waals surface area contributed by atoms with Crippen LogP contribution >= 0.6 is 0 Å². The van der Waals surface area contributed by atoms with Crippen LogP contribution in [0.5, 0.6) is 5.75 Å². The molecule has 92 valence electrons. The van der Waals surface area contributed by atoms with Gasteiger partial charge in [-0.15, -0.1) is 0 Å². The van der Waals surface area contributed by atoms with E-state index in [0.717, 1.165) is 25.7 Å². The van der Waals surface area contributed by atoms with Crippen LogP contribution in [0.4, 0.5) is 5.69 Å². The zero-order chi connectivity index (χ0) is 12.1. The smallest absolute Gasteiger partial charge is 0.187 e. The third kappa shape index (κ3) is 1.38. The second-order valence-corrected chi connectivity index (χ2v) is 7.24. The van der Waals surface area contributed by atoms with Crippen molar-refractivity contribution >= 4 is 15.5 Å². The van der Waals surface area contributed by atoms with Gasteiger partial charge in [-0.1, -0.05) is 12.8 Å². The first-order valence-electron chi connectivity index (χ1n) is 5.87. The first-order valence-corrected chi connectivity index (χ1v) is 7.35. The lowest BCUT2D eigenvalue weighted by Crippen LogP contribution is -2.45. The van der Waals surface area contributed by atoms with Crippen molar-refractivity contribution in [2.45, 2.75) is 35.3 Å². The number of hydrogen-bond donors (Lipinski definition) is 2. The van der Waals surface area contributed by atoms with E-state index >= 15 is 0 Å². The van der Waals surface area contributed by atoms with Gasteiger partial charge in [0.15, 0.2) is 9.84 Å². The quantitative estimate of drug-likeness (QED) is 0.693. The molecule has 0 radical (unpaired) electrons. The minimum Gasteiger partial charge on any atom is -0.508 e. The zero-order valence-corrected chi connectivity index (χ0v) is 10.3. The van der Waals surface area contributed by atoms with Crippen LogP contribution in [-0.4, -0.2) is 24.8 Å². The summed E-state index contributed by atoms with van der Waals surface area (Å²) in [6.07, 6.45) is 3.37. The van der Waals surface area contributed by atoms with Crippen LogP contribution < -0.4 is 5.32 Å². The Bertz CT molecular complexity index is 559. The molecule has 0 bridgehead atoms. The molecule has 1 aromatic carbocycles. The molecule has 1 aliphatic carbocycles. The van der Waals surface area contributed by atoms with Gasteiger partial charge in [-0.3, -0.25) is 0 Å². The number of phenolic OH excluding ortho intramolecular Hbond substituents is 1. The Kier molecular flexibility index (Phi) is 2.17. The predicted octanol–water partition coefficient (Wildman–Crippen LogP) is 1.90. The standard InChI is InChI=1S/C12H15NO3S/c14-9-3-4-10-11(7-9)17(15,16)12(8-13-10)5-1-2-6-12/h3-4,7,13-14H,1-2,5-6,8H2. The maximum Gasteiger partial charge on any atom is 0.187 e. The summed E-state index contributed by atoms with van der Waals surface area (Å²) in [7, 11) is -3.33. The summed E-state index contributed by atoms with van der Waals surface area (Å²) in [6.45, 7) is 0.493. The van der Waals surface area contributed by atoms with Crippen molar-refractivity contribution in [2.75, 3.05) is 11.9 Å². The number of rotatable bonds is 0. The van der Waals surface area contributed by atoms with Crippen LogP contribution in [0, 0.1) is 0 Å². The molecular formula is C12H15NO3S. The summed E-state index contributed by atoms with van der Waals surface area (Å²) in [5, 5.41) is 12.6. The van der Waals surface area contributed by atoms with Crippen LogP contribution in [-0.2, 0) is 9.84 Å². The van der Waals surface area contributed by atoms with Gasteiger partial charge in [-0.05, 0) is 25.0 Å². The van der Waals surface area contributed by atoms with E-state index in [-0.39, 0.29) is 10.6 Å². The molecule has 1 saturated carbocycles. The van der Waals surface area contributed by atoms with Crippen molar-refractivity contribution in [1.29, 1.82) is 0 Å². The summed E-state index contributed by atoms with van der Waals surface area (Å²) in [5.74, 6) is 0.00386. The van der Waals surface area contributed by atoms with Gasteiger partial charge in [0.25, 0.3) is 0 Å². The second-order valence-electron chi connectivity index (χ2n) is 4.93. The van der Waals surface area contributed by atoms with Gasteiger partial charge in [-0.25, -0.2) is 8.42 Å². The van der Waals surface area contributed by atoms with E-state index in [1.807, 2.05) is 0 Å². The average molecular weight is 253 g/mol. The molecule has 0 atom stereocenters. The van der Waals surface area contributed by atoms with E-state index in [1.54, 1.807) is 6.07 Å². The monoisotopic (exact) mass is 253 g/mol. The minimum absolute atomic E-state index is 0.00386. The van der Waals surface area contributed by atoms with Gasteiger partial charge in [0.05, 0.1) is 15.3 Å². The molecule has 1 aromatic rings. The summed E-state index contributed by atoms with van der Waals surface area (Å²) >= 11 is 0. The van der Waals surface area contributed by atoms with Crippen molar-refractivity contribution in [3.05, 3.63) is 18.2 Å². The number of aromatic hydroxyl groups is 1. The molecule has 1 spiro atoms. The number of nitrogens with one attached hydrogen (secondary N) is 1. The molecule has 17 heavy (non-hydrogen) atoms. The maximum atomic E-state index is 12.6. The van der Waals surface area contributed by atoms with Crippen LogP contribution in [0.1, 0.15) is 25.7 Å². The fourth-order valence-electron chi connectivity index (χ4n) is 2.93. The number of sulfone groups is 1. The first kappa shape index (κ1) is 10.9. The molecule has 0 amide bonds. The van der Waals surface area contributed by atoms with E-state index in [1.165, 1.54) is 12.1 Å². The highest BCUT2D eigenvalue weighted by molar-refractivity contribution is 7.93. The fourth-order valence-corrected chi connectivity index (χ4v) is 5.19. The Morgan fingerprint density at radius 3 is 2.65 bits per heavy atom. The van der Waals surface area contributed by atoms with Crippen LogP contribution in [0.2, 0.25) is 0 Å². The molecule has 0 unspecified atom stereocenters. The van der Waals surface area contributed by atoms with E-state index < -0.39 is 14.6 Å². The van der Waals surface area contributed by atoms with Gasteiger partial charge in [0.1, 0.15) is 5.75 Å². The Labute approximate surface area is 101 Å². The number of anilines is 1. The van der Waals surface area contributed by atoms with Crippen molar-refractivity contribution in [3.63, 3.8) is 0 Å². The number of benzene rings is 1. The van der Waals surface area contributed by atoms with Crippen molar-refractivity contribution in [2.24, 2.45) is 0 Å². The van der Waals surface area contributed by atoms with Crippen LogP contribution in [0.3, 0.4) is 0 Å². The lowest BCUT2D eigenvalue weighted by Gasteiger charge is -2.35. The Balaban J connectivity index is 2.20. The van der Waals surface area contributed by atoms with Gasteiger partial charge in [0, 0.05) is 12.6 Å². The highest BCUT2D eigenvalue weighted by Gasteiger charge is 2.49. The third-order valence-electron chi connectivity index (χ3n) is 3.94. The minimum atomic E-state index is -3.33. The van der Waals surface area contributed by atoms with E-state index in [9.17, 15) is 13.5 Å². The maximum absolute atomic E-state index is 12.6. The van der Waals surface area contributed by atoms with Gasteiger partial charge >= 0.3 is 0 Å². The second kappa shape index (κ2) is 3.38. The summed E-state index contributed by atoms with van der Waals surface area (Å²) in [6, 6.07) is 4.49. The average Bonchev–Trinajstić information content (AvgIpc) is 2.76. The lowest BCUT2D eigenvalue weighted by molar-refractivity contribution is 0.471. The molecule has 0 aromatic heterocycles.